The lowest BCUT2D eigenvalue weighted by Crippen LogP contribution is -2.08. The van der Waals surface area contributed by atoms with Crippen molar-refractivity contribution < 1.29 is 0 Å². The minimum absolute atomic E-state index is 0.251. The van der Waals surface area contributed by atoms with Crippen LogP contribution >= 0.6 is 11.3 Å². The number of aryl methyl sites for hydroxylation is 1. The maximum absolute atomic E-state index is 6.13. The lowest BCUT2D eigenvalue weighted by molar-refractivity contribution is 0.536. The molecule has 0 saturated heterocycles. The number of thiazole rings is 1. The fourth-order valence-electron chi connectivity index (χ4n) is 2.13. The molecule has 0 bridgehead atoms. The Labute approximate surface area is 121 Å². The number of hydrogen-bond acceptors (Lipinski definition) is 5. The highest BCUT2D eigenvalue weighted by Crippen LogP contribution is 2.30. The summed E-state index contributed by atoms with van der Waals surface area (Å²) in [5.74, 6) is 0.848. The average Bonchev–Trinajstić information content (AvgIpc) is 2.98. The van der Waals surface area contributed by atoms with E-state index in [4.69, 9.17) is 5.73 Å². The van der Waals surface area contributed by atoms with Gasteiger partial charge in [-0.25, -0.2) is 9.67 Å². The summed E-state index contributed by atoms with van der Waals surface area (Å²) >= 11 is 1.63. The van der Waals surface area contributed by atoms with Crippen molar-refractivity contribution in [3.05, 3.63) is 29.4 Å². The molecule has 5 nitrogen and oxygen atoms in total. The summed E-state index contributed by atoms with van der Waals surface area (Å²) in [6, 6.07) is 6.35. The van der Waals surface area contributed by atoms with E-state index in [1.165, 1.54) is 0 Å². The number of nitrogen functional groups attached to an aromatic ring is 1. The van der Waals surface area contributed by atoms with Gasteiger partial charge in [-0.1, -0.05) is 0 Å². The zero-order valence-corrected chi connectivity index (χ0v) is 12.5. The van der Waals surface area contributed by atoms with E-state index in [2.05, 4.69) is 35.3 Å². The van der Waals surface area contributed by atoms with Crippen molar-refractivity contribution in [2.45, 2.75) is 26.8 Å². The molecule has 3 N–H and O–H groups in total. The van der Waals surface area contributed by atoms with Crippen LogP contribution in [-0.2, 0) is 0 Å². The van der Waals surface area contributed by atoms with Gasteiger partial charge in [-0.15, -0.1) is 11.3 Å². The van der Waals surface area contributed by atoms with E-state index in [1.807, 2.05) is 29.2 Å². The third kappa shape index (κ3) is 2.12. The first-order valence-corrected chi connectivity index (χ1v) is 7.39. The molecule has 6 heteroatoms. The van der Waals surface area contributed by atoms with Crippen molar-refractivity contribution >= 4 is 38.7 Å². The average molecular weight is 287 g/mol. The largest absolute Gasteiger partial charge is 0.394 e. The molecule has 0 aliphatic rings. The van der Waals surface area contributed by atoms with E-state index < -0.39 is 0 Å². The van der Waals surface area contributed by atoms with Crippen LogP contribution in [0.2, 0.25) is 0 Å². The molecule has 20 heavy (non-hydrogen) atoms. The van der Waals surface area contributed by atoms with Crippen LogP contribution in [0.15, 0.2) is 23.7 Å². The van der Waals surface area contributed by atoms with Gasteiger partial charge in [0.25, 0.3) is 0 Å². The predicted molar refractivity (Wildman–Crippen MR) is 84.7 cm³/mol. The predicted octanol–water partition coefficient (Wildman–Crippen LogP) is 3.71. The van der Waals surface area contributed by atoms with E-state index in [1.54, 1.807) is 11.3 Å². The Morgan fingerprint density at radius 3 is 2.90 bits per heavy atom. The molecule has 0 radical (unpaired) electrons. The molecule has 2 aromatic heterocycles. The second-order valence-electron chi connectivity index (χ2n) is 5.05. The summed E-state index contributed by atoms with van der Waals surface area (Å²) in [6.07, 6.45) is 0. The number of rotatable bonds is 3. The molecule has 0 aliphatic heterocycles. The zero-order chi connectivity index (χ0) is 14.3. The second-order valence-corrected chi connectivity index (χ2v) is 5.93. The van der Waals surface area contributed by atoms with Crippen LogP contribution in [0.1, 0.15) is 25.6 Å². The van der Waals surface area contributed by atoms with E-state index in [-0.39, 0.29) is 6.04 Å². The smallest absolute Gasteiger partial charge is 0.152 e. The van der Waals surface area contributed by atoms with Gasteiger partial charge in [0.15, 0.2) is 5.82 Å². The van der Waals surface area contributed by atoms with Crippen LogP contribution in [0.5, 0.6) is 0 Å². The van der Waals surface area contributed by atoms with E-state index >= 15 is 0 Å². The molecule has 0 unspecified atom stereocenters. The first-order valence-electron chi connectivity index (χ1n) is 6.51. The Morgan fingerprint density at radius 1 is 1.35 bits per heavy atom. The van der Waals surface area contributed by atoms with Gasteiger partial charge in [0.05, 0.1) is 27.1 Å². The monoisotopic (exact) mass is 287 g/mol. The maximum Gasteiger partial charge on any atom is 0.152 e. The normalized spacial score (nSPS) is 11.4. The summed E-state index contributed by atoms with van der Waals surface area (Å²) in [5.41, 5.74) is 11.5. The first-order chi connectivity index (χ1) is 9.56. The molecule has 3 rings (SSSR count). The third-order valence-corrected chi connectivity index (χ3v) is 4.01. The SMILES string of the molecule is Cc1nn(C(C)C)c(Nc2ccc3ncsc3c2)c1N. The van der Waals surface area contributed by atoms with Crippen LogP contribution in [0.25, 0.3) is 10.2 Å². The Morgan fingerprint density at radius 2 is 2.15 bits per heavy atom. The van der Waals surface area contributed by atoms with Gasteiger partial charge in [-0.05, 0) is 39.0 Å². The van der Waals surface area contributed by atoms with Crippen LogP contribution in [-0.4, -0.2) is 14.8 Å². The molecule has 2 heterocycles. The summed E-state index contributed by atoms with van der Waals surface area (Å²) in [7, 11) is 0. The molecule has 0 fully saturated rings. The molecule has 3 aromatic rings. The molecule has 104 valence electrons. The number of hydrogen-bond donors (Lipinski definition) is 2. The number of anilines is 3. The molecule has 0 aliphatic carbocycles. The lowest BCUT2D eigenvalue weighted by Gasteiger charge is -2.13. The highest BCUT2D eigenvalue weighted by atomic mass is 32.1. The molecular weight excluding hydrogens is 270 g/mol. The first kappa shape index (κ1) is 12.9. The van der Waals surface area contributed by atoms with Crippen LogP contribution in [0.4, 0.5) is 17.2 Å². The number of nitrogens with one attached hydrogen (secondary N) is 1. The number of aromatic nitrogens is 3. The Bertz CT molecular complexity index is 756. The molecule has 1 aromatic carbocycles. The number of fused-ring (bicyclic) bond motifs is 1. The summed E-state index contributed by atoms with van der Waals surface area (Å²) in [6.45, 7) is 6.10. The maximum atomic E-state index is 6.13. The fraction of sp³-hybridized carbons (Fsp3) is 0.286. The number of nitrogens with zero attached hydrogens (tertiary/aromatic N) is 3. The summed E-state index contributed by atoms with van der Waals surface area (Å²) in [4.78, 5) is 4.28. The van der Waals surface area contributed by atoms with Gasteiger partial charge in [-0.2, -0.15) is 5.10 Å². The lowest BCUT2D eigenvalue weighted by atomic mass is 10.3. The van der Waals surface area contributed by atoms with E-state index in [0.717, 1.165) is 27.4 Å². The van der Waals surface area contributed by atoms with Crippen molar-refractivity contribution in [3.63, 3.8) is 0 Å². The van der Waals surface area contributed by atoms with E-state index in [9.17, 15) is 0 Å². The quantitative estimate of drug-likeness (QED) is 0.770. The Kier molecular flexibility index (Phi) is 3.10. The van der Waals surface area contributed by atoms with Gasteiger partial charge in [0.1, 0.15) is 0 Å². The van der Waals surface area contributed by atoms with Crippen LogP contribution in [0.3, 0.4) is 0 Å². The second kappa shape index (κ2) is 4.79. The Hall–Kier alpha value is -2.08. The van der Waals surface area contributed by atoms with Crippen molar-refractivity contribution in [1.29, 1.82) is 0 Å². The number of benzene rings is 1. The van der Waals surface area contributed by atoms with Crippen LogP contribution in [0, 0.1) is 6.92 Å². The third-order valence-electron chi connectivity index (χ3n) is 3.21. The zero-order valence-electron chi connectivity index (χ0n) is 11.7. The van der Waals surface area contributed by atoms with Gasteiger partial charge in [0, 0.05) is 11.7 Å². The highest BCUT2D eigenvalue weighted by Gasteiger charge is 2.15. The molecule has 0 atom stereocenters. The summed E-state index contributed by atoms with van der Waals surface area (Å²) in [5, 5.41) is 7.86. The van der Waals surface area contributed by atoms with E-state index in [0.29, 0.717) is 5.69 Å². The molecular formula is C14H17N5S. The van der Waals surface area contributed by atoms with Crippen molar-refractivity contribution in [3.8, 4) is 0 Å². The van der Waals surface area contributed by atoms with Crippen molar-refractivity contribution in [1.82, 2.24) is 14.8 Å². The standard InChI is InChI=1S/C14H17N5S/c1-8(2)19-14(13(15)9(3)18-19)17-10-4-5-11-12(6-10)20-7-16-11/h4-8,17H,15H2,1-3H3. The van der Waals surface area contributed by atoms with Crippen molar-refractivity contribution in [2.75, 3.05) is 11.1 Å². The number of nitrogens with two attached hydrogens (primary N) is 1. The summed E-state index contributed by atoms with van der Waals surface area (Å²) < 4.78 is 3.07. The Balaban J connectivity index is 2.01. The molecule has 0 saturated carbocycles. The molecule has 0 amide bonds. The van der Waals surface area contributed by atoms with Gasteiger partial charge >= 0.3 is 0 Å². The van der Waals surface area contributed by atoms with Gasteiger partial charge in [0.2, 0.25) is 0 Å². The minimum Gasteiger partial charge on any atom is -0.394 e. The van der Waals surface area contributed by atoms with Gasteiger partial charge < -0.3 is 11.1 Å². The van der Waals surface area contributed by atoms with Crippen LogP contribution < -0.4 is 11.1 Å². The highest BCUT2D eigenvalue weighted by molar-refractivity contribution is 7.16. The molecule has 0 spiro atoms. The van der Waals surface area contributed by atoms with Crippen molar-refractivity contribution in [2.24, 2.45) is 0 Å². The fourth-order valence-corrected chi connectivity index (χ4v) is 2.84. The topological polar surface area (TPSA) is 68.8 Å². The minimum atomic E-state index is 0.251. The van der Waals surface area contributed by atoms with Gasteiger partial charge in [-0.3, -0.25) is 0 Å².